The van der Waals surface area contributed by atoms with Gasteiger partial charge in [0, 0.05) is 6.04 Å². The molecular formula is C15H17N. The smallest absolute Gasteiger partial charge is 0.0298 e. The molecule has 1 atom stereocenters. The van der Waals surface area contributed by atoms with Crippen LogP contribution < -0.4 is 5.73 Å². The summed E-state index contributed by atoms with van der Waals surface area (Å²) in [5.74, 6) is 0. The van der Waals surface area contributed by atoms with Crippen LogP contribution in [-0.2, 0) is 0 Å². The van der Waals surface area contributed by atoms with E-state index in [0.29, 0.717) is 0 Å². The maximum Gasteiger partial charge on any atom is 0.0298 e. The second kappa shape index (κ2) is 4.95. The van der Waals surface area contributed by atoms with Gasteiger partial charge >= 0.3 is 0 Å². The minimum atomic E-state index is 0.114. The van der Waals surface area contributed by atoms with Crippen LogP contribution in [0.15, 0.2) is 55.1 Å². The normalized spacial score (nSPS) is 12.6. The first kappa shape index (κ1) is 10.9. The van der Waals surface area contributed by atoms with Gasteiger partial charge in [0.05, 0.1) is 0 Å². The highest BCUT2D eigenvalue weighted by molar-refractivity contribution is 5.83. The van der Waals surface area contributed by atoms with E-state index < -0.39 is 0 Å². The molecule has 2 N–H and O–H groups in total. The van der Waals surface area contributed by atoms with Crippen LogP contribution in [0.3, 0.4) is 0 Å². The summed E-state index contributed by atoms with van der Waals surface area (Å²) in [6, 6.07) is 14.9. The van der Waals surface area contributed by atoms with E-state index in [4.69, 9.17) is 5.73 Å². The molecule has 0 spiro atoms. The van der Waals surface area contributed by atoms with E-state index in [9.17, 15) is 0 Å². The Hall–Kier alpha value is -1.60. The molecule has 0 saturated carbocycles. The van der Waals surface area contributed by atoms with Gasteiger partial charge in [-0.2, -0.15) is 0 Å². The SMILES string of the molecule is C=CCC[C@H](N)c1ccc2ccccc2c1. The lowest BCUT2D eigenvalue weighted by molar-refractivity contribution is 0.662. The first-order valence-corrected chi connectivity index (χ1v) is 5.66. The van der Waals surface area contributed by atoms with E-state index in [1.807, 2.05) is 6.08 Å². The first-order chi connectivity index (χ1) is 7.81. The molecular weight excluding hydrogens is 194 g/mol. The molecule has 0 aliphatic rings. The number of allylic oxidation sites excluding steroid dienone is 1. The Kier molecular flexibility index (Phi) is 3.37. The summed E-state index contributed by atoms with van der Waals surface area (Å²) in [6.45, 7) is 3.72. The molecule has 0 aliphatic heterocycles. The predicted octanol–water partition coefficient (Wildman–Crippen LogP) is 3.81. The van der Waals surface area contributed by atoms with Crippen LogP contribution in [0.25, 0.3) is 10.8 Å². The van der Waals surface area contributed by atoms with Crippen molar-refractivity contribution in [3.05, 3.63) is 60.7 Å². The lowest BCUT2D eigenvalue weighted by atomic mass is 9.99. The van der Waals surface area contributed by atoms with E-state index in [1.54, 1.807) is 0 Å². The Morgan fingerprint density at radius 2 is 1.88 bits per heavy atom. The Bertz CT molecular complexity index is 488. The van der Waals surface area contributed by atoms with E-state index >= 15 is 0 Å². The number of nitrogens with two attached hydrogens (primary N) is 1. The topological polar surface area (TPSA) is 26.0 Å². The summed E-state index contributed by atoms with van der Waals surface area (Å²) in [7, 11) is 0. The zero-order chi connectivity index (χ0) is 11.4. The molecule has 2 aromatic carbocycles. The zero-order valence-corrected chi connectivity index (χ0v) is 9.39. The van der Waals surface area contributed by atoms with Gasteiger partial charge in [-0.1, -0.05) is 42.5 Å². The second-order valence-electron chi connectivity index (χ2n) is 4.08. The number of benzene rings is 2. The molecule has 2 rings (SSSR count). The summed E-state index contributed by atoms with van der Waals surface area (Å²) >= 11 is 0. The minimum absolute atomic E-state index is 0.114. The lowest BCUT2D eigenvalue weighted by Crippen LogP contribution is -2.09. The highest BCUT2D eigenvalue weighted by atomic mass is 14.6. The Morgan fingerprint density at radius 3 is 2.62 bits per heavy atom. The van der Waals surface area contributed by atoms with Crippen molar-refractivity contribution in [1.29, 1.82) is 0 Å². The average Bonchev–Trinajstić information content (AvgIpc) is 2.35. The third kappa shape index (κ3) is 2.31. The molecule has 0 amide bonds. The monoisotopic (exact) mass is 211 g/mol. The Morgan fingerprint density at radius 1 is 1.12 bits per heavy atom. The van der Waals surface area contributed by atoms with Crippen LogP contribution in [0.4, 0.5) is 0 Å². The van der Waals surface area contributed by atoms with Crippen molar-refractivity contribution in [3.8, 4) is 0 Å². The van der Waals surface area contributed by atoms with Crippen molar-refractivity contribution >= 4 is 10.8 Å². The molecule has 1 heteroatoms. The van der Waals surface area contributed by atoms with Crippen molar-refractivity contribution in [1.82, 2.24) is 0 Å². The summed E-state index contributed by atoms with van der Waals surface area (Å²) in [5.41, 5.74) is 7.33. The van der Waals surface area contributed by atoms with Gasteiger partial charge in [0.1, 0.15) is 0 Å². The lowest BCUT2D eigenvalue weighted by Gasteiger charge is -2.11. The third-order valence-corrected chi connectivity index (χ3v) is 2.88. The van der Waals surface area contributed by atoms with Crippen molar-refractivity contribution in [2.75, 3.05) is 0 Å². The van der Waals surface area contributed by atoms with E-state index in [0.717, 1.165) is 12.8 Å². The van der Waals surface area contributed by atoms with Crippen LogP contribution in [0.5, 0.6) is 0 Å². The van der Waals surface area contributed by atoms with Crippen LogP contribution in [0.1, 0.15) is 24.4 Å². The Labute approximate surface area is 96.6 Å². The molecule has 1 nitrogen and oxygen atoms in total. The van der Waals surface area contributed by atoms with Gasteiger partial charge in [0.15, 0.2) is 0 Å². The molecule has 0 unspecified atom stereocenters. The van der Waals surface area contributed by atoms with Crippen molar-refractivity contribution in [2.45, 2.75) is 18.9 Å². The minimum Gasteiger partial charge on any atom is -0.324 e. The molecule has 0 saturated heterocycles. The number of hydrogen-bond acceptors (Lipinski definition) is 1. The molecule has 0 aromatic heterocycles. The number of fused-ring (bicyclic) bond motifs is 1. The average molecular weight is 211 g/mol. The molecule has 0 aliphatic carbocycles. The van der Waals surface area contributed by atoms with Gasteiger partial charge in [-0.15, -0.1) is 6.58 Å². The van der Waals surface area contributed by atoms with Gasteiger partial charge in [0.2, 0.25) is 0 Å². The molecule has 2 aromatic rings. The molecule has 0 heterocycles. The molecule has 82 valence electrons. The summed E-state index contributed by atoms with van der Waals surface area (Å²) in [6.07, 6.45) is 3.84. The summed E-state index contributed by atoms with van der Waals surface area (Å²) in [4.78, 5) is 0. The summed E-state index contributed by atoms with van der Waals surface area (Å²) in [5, 5.41) is 2.52. The van der Waals surface area contributed by atoms with Crippen LogP contribution in [0.2, 0.25) is 0 Å². The standard InChI is InChI=1S/C15H17N/c1-2-3-8-15(16)14-10-9-12-6-4-5-7-13(12)11-14/h2,4-7,9-11,15H,1,3,8,16H2/t15-/m0/s1. The van der Waals surface area contributed by atoms with Gasteiger partial charge in [-0.3, -0.25) is 0 Å². The van der Waals surface area contributed by atoms with Crippen LogP contribution >= 0.6 is 0 Å². The van der Waals surface area contributed by atoms with Crippen molar-refractivity contribution < 1.29 is 0 Å². The maximum atomic E-state index is 6.12. The van der Waals surface area contributed by atoms with Gasteiger partial charge in [-0.25, -0.2) is 0 Å². The van der Waals surface area contributed by atoms with Gasteiger partial charge in [-0.05, 0) is 35.2 Å². The largest absolute Gasteiger partial charge is 0.324 e. The highest BCUT2D eigenvalue weighted by Gasteiger charge is 2.05. The van der Waals surface area contributed by atoms with E-state index in [1.165, 1.54) is 16.3 Å². The fourth-order valence-corrected chi connectivity index (χ4v) is 1.90. The van der Waals surface area contributed by atoms with Crippen LogP contribution in [0, 0.1) is 0 Å². The number of hydrogen-bond donors (Lipinski definition) is 1. The van der Waals surface area contributed by atoms with Gasteiger partial charge < -0.3 is 5.73 Å². The maximum absolute atomic E-state index is 6.12. The predicted molar refractivity (Wildman–Crippen MR) is 70.3 cm³/mol. The zero-order valence-electron chi connectivity index (χ0n) is 9.39. The van der Waals surface area contributed by atoms with E-state index in [2.05, 4.69) is 49.0 Å². The van der Waals surface area contributed by atoms with Crippen molar-refractivity contribution in [3.63, 3.8) is 0 Å². The van der Waals surface area contributed by atoms with E-state index in [-0.39, 0.29) is 6.04 Å². The highest BCUT2D eigenvalue weighted by Crippen LogP contribution is 2.21. The second-order valence-corrected chi connectivity index (χ2v) is 4.08. The molecule has 0 radical (unpaired) electrons. The molecule has 0 fully saturated rings. The van der Waals surface area contributed by atoms with Crippen LogP contribution in [-0.4, -0.2) is 0 Å². The van der Waals surface area contributed by atoms with Gasteiger partial charge in [0.25, 0.3) is 0 Å². The first-order valence-electron chi connectivity index (χ1n) is 5.66. The third-order valence-electron chi connectivity index (χ3n) is 2.88. The quantitative estimate of drug-likeness (QED) is 0.765. The fraction of sp³-hybridized carbons (Fsp3) is 0.200. The summed E-state index contributed by atoms with van der Waals surface area (Å²) < 4.78 is 0. The van der Waals surface area contributed by atoms with Crippen molar-refractivity contribution in [2.24, 2.45) is 5.73 Å². The molecule has 16 heavy (non-hydrogen) atoms. The Balaban J connectivity index is 2.28. The molecule has 0 bridgehead atoms. The number of rotatable bonds is 4. The fourth-order valence-electron chi connectivity index (χ4n) is 1.90.